The molecule has 0 aromatic heterocycles. The van der Waals surface area contributed by atoms with Gasteiger partial charge in [-0.3, -0.25) is 9.69 Å². The highest BCUT2D eigenvalue weighted by molar-refractivity contribution is 5.92. The van der Waals surface area contributed by atoms with Crippen LogP contribution in [-0.4, -0.2) is 54.8 Å². The normalized spacial score (nSPS) is 17.3. The van der Waals surface area contributed by atoms with Crippen molar-refractivity contribution in [2.24, 2.45) is 0 Å². The lowest BCUT2D eigenvalue weighted by Gasteiger charge is -2.28. The fourth-order valence-electron chi connectivity index (χ4n) is 3.33. The summed E-state index contributed by atoms with van der Waals surface area (Å²) < 4.78 is 15.8. The van der Waals surface area contributed by atoms with Crippen LogP contribution < -0.4 is 10.1 Å². The molecule has 1 N–H and O–H groups in total. The summed E-state index contributed by atoms with van der Waals surface area (Å²) in [6, 6.07) is 4.17. The highest BCUT2D eigenvalue weighted by Gasteiger charge is 2.37. The van der Waals surface area contributed by atoms with E-state index in [0.29, 0.717) is 24.3 Å². The molecule has 8 nitrogen and oxygen atoms in total. The molecule has 166 valence electrons. The zero-order valence-electron chi connectivity index (χ0n) is 18.6. The third-order valence-corrected chi connectivity index (χ3v) is 4.76. The van der Waals surface area contributed by atoms with Crippen molar-refractivity contribution < 1.29 is 28.6 Å². The fraction of sp³-hybridized carbons (Fsp3) is 0.591. The van der Waals surface area contributed by atoms with Gasteiger partial charge in [0.25, 0.3) is 0 Å². The van der Waals surface area contributed by atoms with E-state index in [-0.39, 0.29) is 18.6 Å². The number of likely N-dealkylation sites (tertiary alicyclic amines) is 1. The van der Waals surface area contributed by atoms with Crippen molar-refractivity contribution >= 4 is 18.0 Å². The Morgan fingerprint density at radius 1 is 1.27 bits per heavy atom. The molecule has 8 heteroatoms. The van der Waals surface area contributed by atoms with Gasteiger partial charge in [-0.15, -0.1) is 0 Å². The van der Waals surface area contributed by atoms with E-state index in [1.807, 2.05) is 6.92 Å². The number of carbonyl (C=O) groups is 3. The van der Waals surface area contributed by atoms with Crippen LogP contribution in [0.3, 0.4) is 0 Å². The molecule has 1 aromatic carbocycles. The second kappa shape index (κ2) is 9.82. The summed E-state index contributed by atoms with van der Waals surface area (Å²) in [6.07, 6.45) is 0.852. The van der Waals surface area contributed by atoms with E-state index in [4.69, 9.17) is 14.2 Å². The maximum absolute atomic E-state index is 12.9. The Morgan fingerprint density at radius 3 is 2.57 bits per heavy atom. The fourth-order valence-corrected chi connectivity index (χ4v) is 3.33. The van der Waals surface area contributed by atoms with E-state index in [0.717, 1.165) is 12.0 Å². The molecule has 30 heavy (non-hydrogen) atoms. The summed E-state index contributed by atoms with van der Waals surface area (Å²) in [7, 11) is 1.47. The molecule has 0 spiro atoms. The van der Waals surface area contributed by atoms with Crippen molar-refractivity contribution in [1.29, 1.82) is 0 Å². The van der Waals surface area contributed by atoms with Gasteiger partial charge in [0.15, 0.2) is 0 Å². The predicted octanol–water partition coefficient (Wildman–Crippen LogP) is 3.45. The monoisotopic (exact) mass is 420 g/mol. The summed E-state index contributed by atoms with van der Waals surface area (Å²) in [5.41, 5.74) is 0.481. The topological polar surface area (TPSA) is 94.2 Å². The second-order valence-electron chi connectivity index (χ2n) is 8.24. The summed E-state index contributed by atoms with van der Waals surface area (Å²) in [6.45, 7) is 9.72. The molecule has 0 saturated carbocycles. The molecule has 1 fully saturated rings. The van der Waals surface area contributed by atoms with Crippen LogP contribution in [0.4, 0.5) is 4.79 Å². The van der Waals surface area contributed by atoms with Crippen molar-refractivity contribution in [2.45, 2.75) is 65.1 Å². The van der Waals surface area contributed by atoms with Crippen molar-refractivity contribution in [3.63, 3.8) is 0 Å². The molecular formula is C22H32N2O6. The average Bonchev–Trinajstić information content (AvgIpc) is 3.16. The Bertz CT molecular complexity index is 786. The van der Waals surface area contributed by atoms with Crippen LogP contribution in [0.15, 0.2) is 18.2 Å². The maximum atomic E-state index is 12.9. The second-order valence-corrected chi connectivity index (χ2v) is 8.24. The lowest BCUT2D eigenvalue weighted by Crippen LogP contribution is -2.48. The average molecular weight is 421 g/mol. The minimum atomic E-state index is -0.620. The van der Waals surface area contributed by atoms with Crippen LogP contribution in [-0.2, 0) is 14.3 Å². The lowest BCUT2D eigenvalue weighted by molar-refractivity contribution is -0.126. The summed E-state index contributed by atoms with van der Waals surface area (Å²) in [5.74, 6) is -0.320. The van der Waals surface area contributed by atoms with Gasteiger partial charge in [0, 0.05) is 6.54 Å². The highest BCUT2D eigenvalue weighted by atomic mass is 16.6. The standard InChI is InChI=1S/C22H32N2O6/c1-7-29-20(26)16-11-10-15(13-18(16)28-6)14(2)23-19(25)17-9-8-12-24(17)21(27)30-22(3,4)5/h10-11,13-14,17H,7-9,12H2,1-6H3,(H,23,25)/t14-,17+/m0/s1. The number of hydrogen-bond donors (Lipinski definition) is 1. The molecule has 2 amide bonds. The quantitative estimate of drug-likeness (QED) is 0.709. The molecule has 1 aliphatic heterocycles. The number of esters is 1. The van der Waals surface area contributed by atoms with Gasteiger partial charge >= 0.3 is 12.1 Å². The van der Waals surface area contributed by atoms with Gasteiger partial charge in [-0.05, 0) is 65.2 Å². The number of nitrogens with zero attached hydrogens (tertiary/aromatic N) is 1. The minimum absolute atomic E-state index is 0.237. The number of hydrogen-bond acceptors (Lipinski definition) is 6. The van der Waals surface area contributed by atoms with E-state index in [1.54, 1.807) is 45.9 Å². The molecule has 0 bridgehead atoms. The van der Waals surface area contributed by atoms with Crippen molar-refractivity contribution in [1.82, 2.24) is 10.2 Å². The number of amides is 2. The number of ether oxygens (including phenoxy) is 3. The summed E-state index contributed by atoms with van der Waals surface area (Å²) >= 11 is 0. The van der Waals surface area contributed by atoms with Crippen molar-refractivity contribution in [3.8, 4) is 5.75 Å². The van der Waals surface area contributed by atoms with Gasteiger partial charge in [0.05, 0.1) is 19.8 Å². The number of carbonyl (C=O) groups excluding carboxylic acids is 3. The zero-order chi connectivity index (χ0) is 22.5. The number of rotatable bonds is 6. The van der Waals surface area contributed by atoms with Crippen LogP contribution >= 0.6 is 0 Å². The van der Waals surface area contributed by atoms with Gasteiger partial charge in [0.1, 0.15) is 23.0 Å². The zero-order valence-corrected chi connectivity index (χ0v) is 18.6. The van der Waals surface area contributed by atoms with E-state index in [1.165, 1.54) is 12.0 Å². The molecule has 0 unspecified atom stereocenters. The number of benzene rings is 1. The van der Waals surface area contributed by atoms with Crippen LogP contribution in [0.25, 0.3) is 0 Å². The summed E-state index contributed by atoms with van der Waals surface area (Å²) in [5, 5.41) is 2.95. The van der Waals surface area contributed by atoms with Gasteiger partial charge < -0.3 is 19.5 Å². The van der Waals surface area contributed by atoms with Crippen LogP contribution in [0.1, 0.15) is 69.4 Å². The Labute approximate surface area is 177 Å². The van der Waals surface area contributed by atoms with E-state index < -0.39 is 23.7 Å². The van der Waals surface area contributed by atoms with Crippen molar-refractivity contribution in [3.05, 3.63) is 29.3 Å². The van der Waals surface area contributed by atoms with E-state index in [9.17, 15) is 14.4 Å². The molecule has 1 aliphatic rings. The first-order chi connectivity index (χ1) is 14.1. The van der Waals surface area contributed by atoms with Gasteiger partial charge in [-0.2, -0.15) is 0 Å². The largest absolute Gasteiger partial charge is 0.496 e. The molecular weight excluding hydrogens is 388 g/mol. The minimum Gasteiger partial charge on any atom is -0.496 e. The summed E-state index contributed by atoms with van der Waals surface area (Å²) in [4.78, 5) is 38.8. The number of methoxy groups -OCH3 is 1. The molecule has 2 rings (SSSR count). The molecule has 2 atom stereocenters. The molecule has 1 saturated heterocycles. The molecule has 1 heterocycles. The Hall–Kier alpha value is -2.77. The third-order valence-electron chi connectivity index (χ3n) is 4.76. The van der Waals surface area contributed by atoms with Crippen LogP contribution in [0.2, 0.25) is 0 Å². The first kappa shape index (κ1) is 23.5. The van der Waals surface area contributed by atoms with Crippen LogP contribution in [0, 0.1) is 0 Å². The Morgan fingerprint density at radius 2 is 1.97 bits per heavy atom. The van der Waals surface area contributed by atoms with Gasteiger partial charge in [-0.25, -0.2) is 9.59 Å². The number of nitrogens with one attached hydrogen (secondary N) is 1. The molecule has 1 aromatic rings. The Balaban J connectivity index is 2.09. The maximum Gasteiger partial charge on any atom is 0.410 e. The first-order valence-corrected chi connectivity index (χ1v) is 10.2. The van der Waals surface area contributed by atoms with Crippen LogP contribution in [0.5, 0.6) is 5.75 Å². The highest BCUT2D eigenvalue weighted by Crippen LogP contribution is 2.26. The third kappa shape index (κ3) is 5.87. The van der Waals surface area contributed by atoms with Gasteiger partial charge in [0.2, 0.25) is 5.91 Å². The van der Waals surface area contributed by atoms with Crippen molar-refractivity contribution in [2.75, 3.05) is 20.3 Å². The molecule has 0 aliphatic carbocycles. The SMILES string of the molecule is CCOC(=O)c1ccc([C@H](C)NC(=O)[C@H]2CCCN2C(=O)OC(C)(C)C)cc1OC. The predicted molar refractivity (Wildman–Crippen MR) is 111 cm³/mol. The smallest absolute Gasteiger partial charge is 0.410 e. The molecule has 0 radical (unpaired) electrons. The lowest BCUT2D eigenvalue weighted by atomic mass is 10.0. The van der Waals surface area contributed by atoms with E-state index in [2.05, 4.69) is 5.32 Å². The van der Waals surface area contributed by atoms with E-state index >= 15 is 0 Å². The Kier molecular flexibility index (Phi) is 7.70. The van der Waals surface area contributed by atoms with Gasteiger partial charge in [-0.1, -0.05) is 6.07 Å². The first-order valence-electron chi connectivity index (χ1n) is 10.2.